The van der Waals surface area contributed by atoms with Gasteiger partial charge in [-0.1, -0.05) is 6.92 Å². The topological polar surface area (TPSA) is 104 Å². The highest BCUT2D eigenvalue weighted by atomic mass is 32.2. The van der Waals surface area contributed by atoms with Crippen molar-refractivity contribution in [1.29, 1.82) is 0 Å². The first-order valence-electron chi connectivity index (χ1n) is 6.34. The van der Waals surface area contributed by atoms with E-state index in [0.29, 0.717) is 24.7 Å². The number of H-pyrrole nitrogens is 1. The standard InChI is InChI=1S/C11H23N5O2S/c1-4-9(2)16(3)6-5-14-19(17,18)11-10(7-12)8-13-15-11/h8-9,14H,4-7,12H2,1-3H3,(H,13,15). The molecular weight excluding hydrogens is 266 g/mol. The van der Waals surface area contributed by atoms with Gasteiger partial charge >= 0.3 is 0 Å². The summed E-state index contributed by atoms with van der Waals surface area (Å²) in [6.07, 6.45) is 2.46. The van der Waals surface area contributed by atoms with Crippen LogP contribution in [0.15, 0.2) is 11.2 Å². The molecule has 0 aromatic carbocycles. The Labute approximate surface area is 114 Å². The molecule has 0 spiro atoms. The van der Waals surface area contributed by atoms with E-state index in [4.69, 9.17) is 5.73 Å². The van der Waals surface area contributed by atoms with Crippen LogP contribution in [0.25, 0.3) is 0 Å². The Morgan fingerprint density at radius 2 is 2.26 bits per heavy atom. The lowest BCUT2D eigenvalue weighted by atomic mass is 10.2. The first-order valence-corrected chi connectivity index (χ1v) is 7.82. The van der Waals surface area contributed by atoms with E-state index in [1.807, 2.05) is 7.05 Å². The van der Waals surface area contributed by atoms with E-state index in [0.717, 1.165) is 6.42 Å². The zero-order chi connectivity index (χ0) is 14.5. The van der Waals surface area contributed by atoms with E-state index in [-0.39, 0.29) is 11.6 Å². The predicted octanol–water partition coefficient (Wildman–Crippen LogP) is -0.123. The summed E-state index contributed by atoms with van der Waals surface area (Å²) in [5.41, 5.74) is 5.95. The minimum atomic E-state index is -3.56. The molecule has 7 nitrogen and oxygen atoms in total. The molecule has 0 aliphatic heterocycles. The highest BCUT2D eigenvalue weighted by molar-refractivity contribution is 7.89. The summed E-state index contributed by atoms with van der Waals surface area (Å²) in [4.78, 5) is 2.11. The van der Waals surface area contributed by atoms with Crippen molar-refractivity contribution in [3.63, 3.8) is 0 Å². The van der Waals surface area contributed by atoms with Crippen LogP contribution in [0.1, 0.15) is 25.8 Å². The maximum atomic E-state index is 12.0. The minimum absolute atomic E-state index is 0.0567. The largest absolute Gasteiger partial charge is 0.326 e. The van der Waals surface area contributed by atoms with Gasteiger partial charge in [0.1, 0.15) is 0 Å². The van der Waals surface area contributed by atoms with E-state index in [9.17, 15) is 8.42 Å². The third kappa shape index (κ3) is 4.27. The number of aromatic nitrogens is 2. The highest BCUT2D eigenvalue weighted by Gasteiger charge is 2.19. The van der Waals surface area contributed by atoms with Crippen molar-refractivity contribution in [3.05, 3.63) is 11.8 Å². The van der Waals surface area contributed by atoms with Crippen molar-refractivity contribution >= 4 is 10.0 Å². The first kappa shape index (κ1) is 16.1. The Morgan fingerprint density at radius 1 is 1.58 bits per heavy atom. The van der Waals surface area contributed by atoms with Crippen LogP contribution in [0.5, 0.6) is 0 Å². The summed E-state index contributed by atoms with van der Waals surface area (Å²) in [6.45, 7) is 5.35. The van der Waals surface area contributed by atoms with Gasteiger partial charge in [-0.15, -0.1) is 0 Å². The summed E-state index contributed by atoms with van der Waals surface area (Å²) in [5, 5.41) is 6.24. The summed E-state index contributed by atoms with van der Waals surface area (Å²) < 4.78 is 26.6. The summed E-state index contributed by atoms with van der Waals surface area (Å²) >= 11 is 0. The number of nitrogens with zero attached hydrogens (tertiary/aromatic N) is 2. The fraction of sp³-hybridized carbons (Fsp3) is 0.727. The molecule has 4 N–H and O–H groups in total. The van der Waals surface area contributed by atoms with Crippen LogP contribution in [-0.4, -0.2) is 49.7 Å². The van der Waals surface area contributed by atoms with Crippen molar-refractivity contribution in [2.75, 3.05) is 20.1 Å². The molecule has 1 atom stereocenters. The van der Waals surface area contributed by atoms with Gasteiger partial charge in [0.05, 0.1) is 6.20 Å². The van der Waals surface area contributed by atoms with Crippen LogP contribution < -0.4 is 10.5 Å². The van der Waals surface area contributed by atoms with Gasteiger partial charge in [-0.3, -0.25) is 5.10 Å². The molecule has 0 fully saturated rings. The number of aromatic amines is 1. The molecule has 0 saturated carbocycles. The van der Waals surface area contributed by atoms with Crippen molar-refractivity contribution in [3.8, 4) is 0 Å². The zero-order valence-corrected chi connectivity index (χ0v) is 12.5. The van der Waals surface area contributed by atoms with Crippen molar-refractivity contribution in [2.24, 2.45) is 5.73 Å². The van der Waals surface area contributed by atoms with Crippen molar-refractivity contribution in [2.45, 2.75) is 37.9 Å². The third-order valence-corrected chi connectivity index (χ3v) is 4.74. The molecule has 8 heteroatoms. The highest BCUT2D eigenvalue weighted by Crippen LogP contribution is 2.10. The second kappa shape index (κ2) is 6.99. The van der Waals surface area contributed by atoms with Crippen molar-refractivity contribution < 1.29 is 8.42 Å². The second-order valence-corrected chi connectivity index (χ2v) is 6.27. The van der Waals surface area contributed by atoms with Gasteiger partial charge < -0.3 is 10.6 Å². The molecule has 1 unspecified atom stereocenters. The van der Waals surface area contributed by atoms with Gasteiger partial charge in [-0.05, 0) is 20.4 Å². The van der Waals surface area contributed by atoms with E-state index in [2.05, 4.69) is 33.7 Å². The summed E-state index contributed by atoms with van der Waals surface area (Å²) in [6, 6.07) is 0.427. The van der Waals surface area contributed by atoms with Gasteiger partial charge in [-0.2, -0.15) is 5.10 Å². The van der Waals surface area contributed by atoms with E-state index in [1.54, 1.807) is 0 Å². The van der Waals surface area contributed by atoms with Gasteiger partial charge in [0.25, 0.3) is 10.0 Å². The molecule has 0 radical (unpaired) electrons. The molecule has 0 amide bonds. The Kier molecular flexibility index (Phi) is 5.92. The summed E-state index contributed by atoms with van der Waals surface area (Å²) in [7, 11) is -1.59. The van der Waals surface area contributed by atoms with Gasteiger partial charge in [0.2, 0.25) is 0 Å². The van der Waals surface area contributed by atoms with Crippen LogP contribution in [0.3, 0.4) is 0 Å². The zero-order valence-electron chi connectivity index (χ0n) is 11.7. The Balaban J connectivity index is 2.57. The van der Waals surface area contributed by atoms with Crippen LogP contribution in [0.4, 0.5) is 0 Å². The lowest BCUT2D eigenvalue weighted by molar-refractivity contribution is 0.256. The van der Waals surface area contributed by atoms with Crippen LogP contribution in [0.2, 0.25) is 0 Å². The molecule has 0 aliphatic rings. The Morgan fingerprint density at radius 3 is 2.84 bits per heavy atom. The molecule has 1 heterocycles. The minimum Gasteiger partial charge on any atom is -0.326 e. The molecule has 0 bridgehead atoms. The Bertz CT molecular complexity index is 485. The molecule has 1 aromatic heterocycles. The van der Waals surface area contributed by atoms with E-state index in [1.165, 1.54) is 6.20 Å². The molecule has 1 aromatic rings. The Hall–Kier alpha value is -0.960. The lowest BCUT2D eigenvalue weighted by Gasteiger charge is -2.23. The lowest BCUT2D eigenvalue weighted by Crippen LogP contribution is -2.37. The number of likely N-dealkylation sites (N-methyl/N-ethyl adjacent to an activating group) is 1. The number of sulfonamides is 1. The fourth-order valence-electron chi connectivity index (χ4n) is 1.64. The van der Waals surface area contributed by atoms with Crippen LogP contribution in [-0.2, 0) is 16.6 Å². The third-order valence-electron chi connectivity index (χ3n) is 3.27. The quantitative estimate of drug-likeness (QED) is 0.619. The molecule has 1 rings (SSSR count). The maximum absolute atomic E-state index is 12.0. The fourth-order valence-corrected chi connectivity index (χ4v) is 2.80. The average Bonchev–Trinajstić information content (AvgIpc) is 2.86. The van der Waals surface area contributed by atoms with Crippen LogP contribution >= 0.6 is 0 Å². The molecule has 19 heavy (non-hydrogen) atoms. The monoisotopic (exact) mass is 289 g/mol. The van der Waals surface area contributed by atoms with Crippen LogP contribution in [0, 0.1) is 0 Å². The van der Waals surface area contributed by atoms with E-state index >= 15 is 0 Å². The number of hydrogen-bond donors (Lipinski definition) is 3. The average molecular weight is 289 g/mol. The number of rotatable bonds is 8. The number of nitrogens with one attached hydrogen (secondary N) is 2. The molecule has 0 aliphatic carbocycles. The molecular formula is C11H23N5O2S. The first-order chi connectivity index (χ1) is 8.92. The van der Waals surface area contributed by atoms with Crippen molar-refractivity contribution in [1.82, 2.24) is 19.8 Å². The molecule has 0 saturated heterocycles. The normalized spacial score (nSPS) is 13.9. The number of nitrogens with two attached hydrogens (primary N) is 1. The van der Waals surface area contributed by atoms with Gasteiger partial charge in [-0.25, -0.2) is 13.1 Å². The van der Waals surface area contributed by atoms with E-state index < -0.39 is 10.0 Å². The molecule has 110 valence electrons. The SMILES string of the molecule is CCC(C)N(C)CCNS(=O)(=O)c1[nH]ncc1CN. The maximum Gasteiger partial charge on any atom is 0.257 e. The summed E-state index contributed by atoms with van der Waals surface area (Å²) in [5.74, 6) is 0. The second-order valence-electron chi connectivity index (χ2n) is 4.56. The predicted molar refractivity (Wildman–Crippen MR) is 74.1 cm³/mol. The number of hydrogen-bond acceptors (Lipinski definition) is 5. The smallest absolute Gasteiger partial charge is 0.257 e. The van der Waals surface area contributed by atoms with Gasteiger partial charge in [0.15, 0.2) is 5.03 Å². The van der Waals surface area contributed by atoms with Gasteiger partial charge in [0, 0.05) is 31.2 Å².